The van der Waals surface area contributed by atoms with Crippen LogP contribution in [0.1, 0.15) is 18.4 Å². The molecule has 0 saturated heterocycles. The molecular formula is C11H10ClFO3. The van der Waals surface area contributed by atoms with Gasteiger partial charge >= 0.3 is 5.97 Å². The minimum Gasteiger partial charge on any atom is -0.495 e. The van der Waals surface area contributed by atoms with Crippen LogP contribution in [0.2, 0.25) is 5.02 Å². The molecule has 0 amide bonds. The van der Waals surface area contributed by atoms with Crippen molar-refractivity contribution in [2.45, 2.75) is 18.3 Å². The molecule has 0 aromatic heterocycles. The van der Waals surface area contributed by atoms with E-state index in [0.29, 0.717) is 18.4 Å². The van der Waals surface area contributed by atoms with Crippen LogP contribution >= 0.6 is 11.6 Å². The molecule has 0 aliphatic heterocycles. The molecule has 0 radical (unpaired) electrons. The van der Waals surface area contributed by atoms with Crippen LogP contribution in [0.25, 0.3) is 0 Å². The smallest absolute Gasteiger partial charge is 0.314 e. The highest BCUT2D eigenvalue weighted by molar-refractivity contribution is 6.33. The fourth-order valence-corrected chi connectivity index (χ4v) is 2.15. The summed E-state index contributed by atoms with van der Waals surface area (Å²) in [6.07, 6.45) is 0.962. The Morgan fingerprint density at radius 1 is 1.56 bits per heavy atom. The molecule has 0 heterocycles. The number of aliphatic carboxylic acids is 1. The largest absolute Gasteiger partial charge is 0.495 e. The van der Waals surface area contributed by atoms with E-state index in [1.165, 1.54) is 13.2 Å². The molecule has 1 aromatic carbocycles. The van der Waals surface area contributed by atoms with Gasteiger partial charge in [-0.15, -0.1) is 0 Å². The zero-order valence-corrected chi connectivity index (χ0v) is 9.34. The zero-order chi connectivity index (χ0) is 11.9. The SMILES string of the molecule is COc1cc(F)cc(C2(C(=O)O)CC2)c1Cl. The second-order valence-corrected chi connectivity index (χ2v) is 4.23. The lowest BCUT2D eigenvalue weighted by molar-refractivity contribution is -0.140. The van der Waals surface area contributed by atoms with Crippen LogP contribution in [-0.4, -0.2) is 18.2 Å². The first-order valence-corrected chi connectivity index (χ1v) is 5.16. The maximum absolute atomic E-state index is 13.3. The number of methoxy groups -OCH3 is 1. The number of ether oxygens (including phenoxy) is 1. The average molecular weight is 245 g/mol. The molecule has 0 bridgehead atoms. The molecule has 1 fully saturated rings. The van der Waals surface area contributed by atoms with Crippen LogP contribution in [0, 0.1) is 5.82 Å². The van der Waals surface area contributed by atoms with Crippen molar-refractivity contribution in [1.82, 2.24) is 0 Å². The quantitative estimate of drug-likeness (QED) is 0.889. The third-order valence-electron chi connectivity index (χ3n) is 2.90. The molecule has 5 heteroatoms. The number of carbonyl (C=O) groups is 1. The number of hydrogen-bond donors (Lipinski definition) is 1. The zero-order valence-electron chi connectivity index (χ0n) is 8.59. The molecule has 0 spiro atoms. The molecule has 3 nitrogen and oxygen atoms in total. The lowest BCUT2D eigenvalue weighted by Gasteiger charge is -2.14. The summed E-state index contributed by atoms with van der Waals surface area (Å²) < 4.78 is 18.2. The van der Waals surface area contributed by atoms with E-state index in [-0.39, 0.29) is 10.8 Å². The van der Waals surface area contributed by atoms with Crippen molar-refractivity contribution >= 4 is 17.6 Å². The van der Waals surface area contributed by atoms with Crippen molar-refractivity contribution < 1.29 is 19.0 Å². The maximum Gasteiger partial charge on any atom is 0.314 e. The van der Waals surface area contributed by atoms with Gasteiger partial charge in [0.15, 0.2) is 0 Å². The van der Waals surface area contributed by atoms with Gasteiger partial charge in [0, 0.05) is 6.07 Å². The number of rotatable bonds is 3. The summed E-state index contributed by atoms with van der Waals surface area (Å²) in [4.78, 5) is 11.1. The molecule has 0 atom stereocenters. The fourth-order valence-electron chi connectivity index (χ4n) is 1.78. The van der Waals surface area contributed by atoms with Gasteiger partial charge in [0.2, 0.25) is 0 Å². The fraction of sp³-hybridized carbons (Fsp3) is 0.364. The van der Waals surface area contributed by atoms with Gasteiger partial charge in [0.05, 0.1) is 17.5 Å². The Kier molecular flexibility index (Phi) is 2.54. The number of carboxylic acids is 1. The second-order valence-electron chi connectivity index (χ2n) is 3.86. The Bertz CT molecular complexity index is 455. The summed E-state index contributed by atoms with van der Waals surface area (Å²) in [6, 6.07) is 2.32. The average Bonchev–Trinajstić information content (AvgIpc) is 3.02. The molecule has 1 aromatic rings. The number of hydrogen-bond acceptors (Lipinski definition) is 2. The van der Waals surface area contributed by atoms with Crippen LogP contribution in [0.4, 0.5) is 4.39 Å². The topological polar surface area (TPSA) is 46.5 Å². The van der Waals surface area contributed by atoms with Gasteiger partial charge in [0.25, 0.3) is 0 Å². The van der Waals surface area contributed by atoms with E-state index in [2.05, 4.69) is 0 Å². The van der Waals surface area contributed by atoms with E-state index in [1.54, 1.807) is 0 Å². The first-order valence-electron chi connectivity index (χ1n) is 4.78. The molecule has 1 saturated carbocycles. The lowest BCUT2D eigenvalue weighted by atomic mass is 9.95. The van der Waals surface area contributed by atoms with Crippen LogP contribution < -0.4 is 4.74 Å². The second kappa shape index (κ2) is 3.63. The maximum atomic E-state index is 13.3. The highest BCUT2D eigenvalue weighted by Gasteiger charge is 2.53. The van der Waals surface area contributed by atoms with Crippen molar-refractivity contribution in [2.24, 2.45) is 0 Å². The van der Waals surface area contributed by atoms with Crippen molar-refractivity contribution in [1.29, 1.82) is 0 Å². The molecule has 1 aliphatic rings. The third kappa shape index (κ3) is 1.53. The normalized spacial score (nSPS) is 16.9. The van der Waals surface area contributed by atoms with E-state index in [9.17, 15) is 9.18 Å². The first-order chi connectivity index (χ1) is 7.51. The van der Waals surface area contributed by atoms with E-state index < -0.39 is 17.2 Å². The first kappa shape index (κ1) is 11.2. The van der Waals surface area contributed by atoms with Gasteiger partial charge in [-0.05, 0) is 24.5 Å². The van der Waals surface area contributed by atoms with Crippen molar-refractivity contribution in [3.63, 3.8) is 0 Å². The van der Waals surface area contributed by atoms with E-state index in [4.69, 9.17) is 21.4 Å². The van der Waals surface area contributed by atoms with Gasteiger partial charge in [-0.3, -0.25) is 4.79 Å². The Morgan fingerprint density at radius 2 is 2.19 bits per heavy atom. The third-order valence-corrected chi connectivity index (χ3v) is 3.29. The van der Waals surface area contributed by atoms with Gasteiger partial charge < -0.3 is 9.84 Å². The van der Waals surface area contributed by atoms with Gasteiger partial charge in [-0.1, -0.05) is 11.6 Å². The minimum absolute atomic E-state index is 0.171. The van der Waals surface area contributed by atoms with Crippen molar-refractivity contribution in [2.75, 3.05) is 7.11 Å². The number of carboxylic acid groups (broad SMARTS) is 1. The monoisotopic (exact) mass is 244 g/mol. The minimum atomic E-state index is -1.02. The van der Waals surface area contributed by atoms with E-state index >= 15 is 0 Å². The summed E-state index contributed by atoms with van der Waals surface area (Å²) in [5.41, 5.74) is -0.717. The Morgan fingerprint density at radius 3 is 2.62 bits per heavy atom. The summed E-state index contributed by atoms with van der Waals surface area (Å²) in [5.74, 6) is -1.34. The molecule has 16 heavy (non-hydrogen) atoms. The van der Waals surface area contributed by atoms with Crippen molar-refractivity contribution in [3.05, 3.63) is 28.5 Å². The molecule has 1 aliphatic carbocycles. The predicted molar refractivity (Wildman–Crippen MR) is 56.5 cm³/mol. The highest BCUT2D eigenvalue weighted by Crippen LogP contribution is 2.52. The van der Waals surface area contributed by atoms with Gasteiger partial charge in [-0.25, -0.2) is 4.39 Å². The molecule has 0 unspecified atom stereocenters. The molecule has 86 valence electrons. The van der Waals surface area contributed by atoms with Crippen LogP contribution in [0.15, 0.2) is 12.1 Å². The van der Waals surface area contributed by atoms with E-state index in [0.717, 1.165) is 6.07 Å². The van der Waals surface area contributed by atoms with E-state index in [1.807, 2.05) is 0 Å². The van der Waals surface area contributed by atoms with Gasteiger partial charge in [0.1, 0.15) is 11.6 Å². The Hall–Kier alpha value is -1.29. The van der Waals surface area contributed by atoms with Crippen LogP contribution in [0.5, 0.6) is 5.75 Å². The molecule has 2 rings (SSSR count). The molecule has 1 N–H and O–H groups in total. The summed E-state index contributed by atoms with van der Waals surface area (Å²) in [6.45, 7) is 0. The lowest BCUT2D eigenvalue weighted by Crippen LogP contribution is -2.20. The predicted octanol–water partition coefficient (Wildman–Crippen LogP) is 2.60. The number of benzene rings is 1. The summed E-state index contributed by atoms with van der Waals surface area (Å²) >= 11 is 5.99. The summed E-state index contributed by atoms with van der Waals surface area (Å²) in [5, 5.41) is 9.30. The Labute approximate surface area is 96.8 Å². The standard InChI is InChI=1S/C11H10ClFO3/c1-16-8-5-6(13)4-7(9(8)12)11(2-3-11)10(14)15/h4-5H,2-3H2,1H3,(H,14,15). The van der Waals surface area contributed by atoms with Crippen LogP contribution in [-0.2, 0) is 10.2 Å². The molecular weight excluding hydrogens is 235 g/mol. The van der Waals surface area contributed by atoms with Gasteiger partial charge in [-0.2, -0.15) is 0 Å². The summed E-state index contributed by atoms with van der Waals surface area (Å²) in [7, 11) is 1.37. The van der Waals surface area contributed by atoms with Crippen LogP contribution in [0.3, 0.4) is 0 Å². The number of halogens is 2. The van der Waals surface area contributed by atoms with Crippen molar-refractivity contribution in [3.8, 4) is 5.75 Å². The highest BCUT2D eigenvalue weighted by atomic mass is 35.5. The Balaban J connectivity index is 2.57.